The minimum absolute atomic E-state index is 0.0512. The topological polar surface area (TPSA) is 90.7 Å². The van der Waals surface area contributed by atoms with E-state index in [1.165, 1.54) is 4.31 Å². The van der Waals surface area contributed by atoms with Gasteiger partial charge in [0.25, 0.3) is 0 Å². The molecule has 4 aromatic rings. The molecule has 5 rings (SSSR count). The maximum absolute atomic E-state index is 13.7. The summed E-state index contributed by atoms with van der Waals surface area (Å²) in [6, 6.07) is 20.9. The summed E-state index contributed by atoms with van der Waals surface area (Å²) in [5, 5.41) is 4.80. The lowest BCUT2D eigenvalue weighted by atomic mass is 9.99. The number of methoxy groups -OCH3 is 1. The third-order valence-electron chi connectivity index (χ3n) is 7.07. The SMILES string of the molecule is COc1cccc(Cn2cc(C(=O)Cc3ccc(C)c(S(=O)(=O)N4CCOCC4)c3)c(-c3ccc(C)cc3)n2)c1. The molecule has 1 aliphatic rings. The van der Waals surface area contributed by atoms with E-state index in [0.29, 0.717) is 55.2 Å². The third kappa shape index (κ3) is 6.01. The Morgan fingerprint density at radius 2 is 1.73 bits per heavy atom. The molecule has 0 amide bonds. The number of ketones is 1. The minimum Gasteiger partial charge on any atom is -0.497 e. The number of nitrogens with zero attached hydrogens (tertiary/aromatic N) is 3. The van der Waals surface area contributed by atoms with Gasteiger partial charge in [0, 0.05) is 31.3 Å². The maximum atomic E-state index is 13.7. The van der Waals surface area contributed by atoms with Crippen molar-refractivity contribution in [3.63, 3.8) is 0 Å². The number of aryl methyl sites for hydroxylation is 2. The van der Waals surface area contributed by atoms with Crippen LogP contribution in [0.3, 0.4) is 0 Å². The van der Waals surface area contributed by atoms with Crippen molar-refractivity contribution in [2.45, 2.75) is 31.7 Å². The van der Waals surface area contributed by atoms with Crippen LogP contribution in [-0.2, 0) is 27.7 Å². The van der Waals surface area contributed by atoms with Gasteiger partial charge in [0.1, 0.15) is 11.4 Å². The number of benzene rings is 3. The van der Waals surface area contributed by atoms with E-state index in [4.69, 9.17) is 14.6 Å². The van der Waals surface area contributed by atoms with Crippen molar-refractivity contribution < 1.29 is 22.7 Å². The van der Waals surface area contributed by atoms with E-state index in [9.17, 15) is 13.2 Å². The highest BCUT2D eigenvalue weighted by Crippen LogP contribution is 2.27. The number of morpholine rings is 1. The van der Waals surface area contributed by atoms with Crippen LogP contribution in [0, 0.1) is 13.8 Å². The van der Waals surface area contributed by atoms with E-state index < -0.39 is 10.0 Å². The van der Waals surface area contributed by atoms with Crippen LogP contribution in [0.25, 0.3) is 11.3 Å². The van der Waals surface area contributed by atoms with E-state index in [1.807, 2.05) is 61.5 Å². The molecule has 3 aromatic carbocycles. The lowest BCUT2D eigenvalue weighted by molar-refractivity contribution is 0.0730. The van der Waals surface area contributed by atoms with Gasteiger partial charge >= 0.3 is 0 Å². The number of carbonyl (C=O) groups excluding carboxylic acids is 1. The molecule has 8 nitrogen and oxygen atoms in total. The van der Waals surface area contributed by atoms with Gasteiger partial charge in [0.2, 0.25) is 10.0 Å². The molecule has 40 heavy (non-hydrogen) atoms. The zero-order valence-electron chi connectivity index (χ0n) is 23.0. The molecule has 208 valence electrons. The molecule has 0 atom stereocenters. The highest BCUT2D eigenvalue weighted by molar-refractivity contribution is 7.89. The summed E-state index contributed by atoms with van der Waals surface area (Å²) in [4.78, 5) is 14.0. The van der Waals surface area contributed by atoms with Crippen molar-refractivity contribution in [1.82, 2.24) is 14.1 Å². The molecule has 1 saturated heterocycles. The monoisotopic (exact) mass is 559 g/mol. The summed E-state index contributed by atoms with van der Waals surface area (Å²) in [5.41, 5.74) is 5.32. The Bertz CT molecular complexity index is 1620. The highest BCUT2D eigenvalue weighted by Gasteiger charge is 2.28. The third-order valence-corrected chi connectivity index (χ3v) is 9.11. The molecule has 0 spiro atoms. The van der Waals surface area contributed by atoms with Crippen molar-refractivity contribution >= 4 is 15.8 Å². The van der Waals surface area contributed by atoms with Gasteiger partial charge in [-0.05, 0) is 48.7 Å². The lowest BCUT2D eigenvalue weighted by Crippen LogP contribution is -2.40. The van der Waals surface area contributed by atoms with E-state index in [2.05, 4.69) is 0 Å². The molecule has 0 aliphatic carbocycles. The number of aromatic nitrogens is 2. The maximum Gasteiger partial charge on any atom is 0.243 e. The Labute approximate surface area is 235 Å². The lowest BCUT2D eigenvalue weighted by Gasteiger charge is -2.26. The normalized spacial score (nSPS) is 14.3. The van der Waals surface area contributed by atoms with Gasteiger partial charge in [0.15, 0.2) is 5.78 Å². The summed E-state index contributed by atoms with van der Waals surface area (Å²) >= 11 is 0. The molecular formula is C31H33N3O5S. The fourth-order valence-corrected chi connectivity index (χ4v) is 6.51. The summed E-state index contributed by atoms with van der Waals surface area (Å²) in [6.45, 7) is 5.63. The Balaban J connectivity index is 1.46. The van der Waals surface area contributed by atoms with Crippen molar-refractivity contribution in [2.24, 2.45) is 0 Å². The molecule has 1 aliphatic heterocycles. The van der Waals surface area contributed by atoms with E-state index in [-0.39, 0.29) is 17.1 Å². The Morgan fingerprint density at radius 3 is 2.45 bits per heavy atom. The zero-order chi connectivity index (χ0) is 28.3. The zero-order valence-corrected chi connectivity index (χ0v) is 23.8. The Hall–Kier alpha value is -3.79. The van der Waals surface area contributed by atoms with Gasteiger partial charge in [-0.3, -0.25) is 9.48 Å². The number of sulfonamides is 1. The number of hydrogen-bond donors (Lipinski definition) is 0. The van der Waals surface area contributed by atoms with Crippen molar-refractivity contribution in [2.75, 3.05) is 33.4 Å². The van der Waals surface area contributed by atoms with Crippen LogP contribution < -0.4 is 4.74 Å². The number of rotatable bonds is 9. The molecule has 0 unspecified atom stereocenters. The average molecular weight is 560 g/mol. The van der Waals surface area contributed by atoms with Gasteiger partial charge in [-0.15, -0.1) is 0 Å². The van der Waals surface area contributed by atoms with Crippen LogP contribution in [0.2, 0.25) is 0 Å². The number of ether oxygens (including phenoxy) is 2. The summed E-state index contributed by atoms with van der Waals surface area (Å²) in [6.07, 6.45) is 1.83. The van der Waals surface area contributed by atoms with Crippen LogP contribution in [0.15, 0.2) is 77.8 Å². The molecule has 0 radical (unpaired) electrons. The Kier molecular flexibility index (Phi) is 8.16. The number of carbonyl (C=O) groups is 1. The fraction of sp³-hybridized carbons (Fsp3) is 0.290. The summed E-state index contributed by atoms with van der Waals surface area (Å²) < 4.78 is 40.6. The van der Waals surface area contributed by atoms with E-state index >= 15 is 0 Å². The van der Waals surface area contributed by atoms with Crippen molar-refractivity contribution in [1.29, 1.82) is 0 Å². The first-order chi connectivity index (χ1) is 19.2. The fourth-order valence-electron chi connectivity index (χ4n) is 4.83. The van der Waals surface area contributed by atoms with Gasteiger partial charge in [0.05, 0.1) is 37.3 Å². The van der Waals surface area contributed by atoms with E-state index in [1.54, 1.807) is 37.0 Å². The highest BCUT2D eigenvalue weighted by atomic mass is 32.2. The second-order valence-corrected chi connectivity index (χ2v) is 11.9. The van der Waals surface area contributed by atoms with Crippen LogP contribution >= 0.6 is 0 Å². The van der Waals surface area contributed by atoms with Crippen LogP contribution in [0.4, 0.5) is 0 Å². The van der Waals surface area contributed by atoms with Crippen LogP contribution in [-0.4, -0.2) is 61.7 Å². The van der Waals surface area contributed by atoms with E-state index in [0.717, 1.165) is 22.4 Å². The smallest absolute Gasteiger partial charge is 0.243 e. The first-order valence-corrected chi connectivity index (χ1v) is 14.7. The number of Topliss-reactive ketones (excluding diaryl/α,β-unsaturated/α-hetero) is 1. The molecule has 0 saturated carbocycles. The molecule has 0 bridgehead atoms. The van der Waals surface area contributed by atoms with Gasteiger partial charge in [-0.1, -0.05) is 54.1 Å². The largest absolute Gasteiger partial charge is 0.497 e. The summed E-state index contributed by atoms with van der Waals surface area (Å²) in [7, 11) is -2.06. The van der Waals surface area contributed by atoms with Gasteiger partial charge in [-0.2, -0.15) is 9.40 Å². The van der Waals surface area contributed by atoms with Crippen LogP contribution in [0.5, 0.6) is 5.75 Å². The summed E-state index contributed by atoms with van der Waals surface area (Å²) in [5.74, 6) is 0.618. The Morgan fingerprint density at radius 1 is 0.975 bits per heavy atom. The van der Waals surface area contributed by atoms with Gasteiger partial charge in [-0.25, -0.2) is 8.42 Å². The second kappa shape index (κ2) is 11.8. The standard InChI is InChI=1S/C31H33N3O5S/c1-22-7-11-26(12-8-22)31-28(21-33(32-31)20-25-5-4-6-27(17-25)38-3)29(35)18-24-10-9-23(2)30(19-24)40(36,37)34-13-15-39-16-14-34/h4-12,17,19,21H,13-16,18,20H2,1-3H3. The second-order valence-electron chi connectivity index (χ2n) is 10.0. The quantitative estimate of drug-likeness (QED) is 0.277. The number of hydrogen-bond acceptors (Lipinski definition) is 6. The van der Waals surface area contributed by atoms with Crippen molar-refractivity contribution in [3.05, 3.63) is 101 Å². The molecule has 1 fully saturated rings. The molecular weight excluding hydrogens is 526 g/mol. The molecule has 2 heterocycles. The average Bonchev–Trinajstić information content (AvgIpc) is 3.38. The first kappa shape index (κ1) is 27.8. The molecule has 9 heteroatoms. The van der Waals surface area contributed by atoms with Gasteiger partial charge < -0.3 is 9.47 Å². The predicted octanol–water partition coefficient (Wildman–Crippen LogP) is 4.67. The minimum atomic E-state index is -3.69. The van der Waals surface area contributed by atoms with Crippen LogP contribution in [0.1, 0.15) is 32.6 Å². The first-order valence-electron chi connectivity index (χ1n) is 13.2. The predicted molar refractivity (Wildman–Crippen MR) is 153 cm³/mol. The molecule has 1 aromatic heterocycles. The molecule has 0 N–H and O–H groups in total. The van der Waals surface area contributed by atoms with Crippen molar-refractivity contribution in [3.8, 4) is 17.0 Å².